The fraction of sp³-hybridized carbons (Fsp3) is 0.750. The van der Waals surface area contributed by atoms with Gasteiger partial charge in [0.15, 0.2) is 5.78 Å². The van der Waals surface area contributed by atoms with Crippen LogP contribution in [0.3, 0.4) is 0 Å². The molecule has 1 amide bonds. The van der Waals surface area contributed by atoms with Crippen LogP contribution in [-0.2, 0) is 9.59 Å². The summed E-state index contributed by atoms with van der Waals surface area (Å²) >= 11 is 0. The van der Waals surface area contributed by atoms with Gasteiger partial charge in [-0.1, -0.05) is 19.4 Å². The molecule has 0 radical (unpaired) electrons. The van der Waals surface area contributed by atoms with Crippen LogP contribution in [0.2, 0.25) is 0 Å². The Morgan fingerprint density at radius 3 is 2.71 bits per heavy atom. The van der Waals surface area contributed by atoms with Crippen LogP contribution in [0.1, 0.15) is 66.2 Å². The first-order valence-electron chi connectivity index (χ1n) is 11.0. The zero-order chi connectivity index (χ0) is 20.3. The number of likely N-dealkylation sites (tertiary alicyclic amines) is 1. The quantitative estimate of drug-likeness (QED) is 0.780. The van der Waals surface area contributed by atoms with Crippen LogP contribution in [0.4, 0.5) is 0 Å². The molecule has 3 aliphatic carbocycles. The standard InChI is InChI=1S/C24H36N2O2/c1-22(2,3)25-21(28)14-24-10-6-7-19(24)17-15-26(5)20-13-16(27)8-11-23(20,4)18(17)9-12-24/h8,11,13,17-19H,6-7,9-10,12,14-15H2,1-5H3,(H,25,28)/t17-,18+,19+,23-,24+/m1/s1. The summed E-state index contributed by atoms with van der Waals surface area (Å²) in [5.74, 6) is 2.12. The predicted octanol–water partition coefficient (Wildman–Crippen LogP) is 4.08. The molecule has 0 unspecified atom stereocenters. The third-order valence-corrected chi connectivity index (χ3v) is 8.08. The summed E-state index contributed by atoms with van der Waals surface area (Å²) in [7, 11) is 2.14. The number of nitrogens with zero attached hydrogens (tertiary/aromatic N) is 1. The van der Waals surface area contributed by atoms with Gasteiger partial charge in [-0.3, -0.25) is 9.59 Å². The number of hydrogen-bond acceptors (Lipinski definition) is 3. The summed E-state index contributed by atoms with van der Waals surface area (Å²) in [5, 5.41) is 3.21. The van der Waals surface area contributed by atoms with E-state index in [0.717, 1.165) is 19.4 Å². The van der Waals surface area contributed by atoms with Crippen molar-refractivity contribution in [2.75, 3.05) is 13.6 Å². The summed E-state index contributed by atoms with van der Waals surface area (Å²) in [4.78, 5) is 27.2. The van der Waals surface area contributed by atoms with Crippen molar-refractivity contribution in [3.05, 3.63) is 23.9 Å². The second-order valence-electron chi connectivity index (χ2n) is 11.1. The van der Waals surface area contributed by atoms with Crippen LogP contribution in [-0.4, -0.2) is 35.7 Å². The zero-order valence-corrected chi connectivity index (χ0v) is 18.2. The van der Waals surface area contributed by atoms with Crippen molar-refractivity contribution in [2.24, 2.45) is 28.6 Å². The van der Waals surface area contributed by atoms with E-state index in [1.165, 1.54) is 25.0 Å². The number of hydrogen-bond donors (Lipinski definition) is 1. The monoisotopic (exact) mass is 384 g/mol. The Morgan fingerprint density at radius 1 is 1.25 bits per heavy atom. The lowest BCUT2D eigenvalue weighted by molar-refractivity contribution is -0.129. The van der Waals surface area contributed by atoms with Crippen molar-refractivity contribution in [3.63, 3.8) is 0 Å². The van der Waals surface area contributed by atoms with E-state index in [-0.39, 0.29) is 28.1 Å². The summed E-state index contributed by atoms with van der Waals surface area (Å²) in [5.41, 5.74) is 1.14. The molecule has 0 aromatic rings. The largest absolute Gasteiger partial charge is 0.377 e. The number of carbonyl (C=O) groups excluding carboxylic acids is 2. The molecule has 4 aliphatic rings. The number of allylic oxidation sites excluding steroid dienone is 3. The molecule has 2 saturated carbocycles. The lowest BCUT2D eigenvalue weighted by Crippen LogP contribution is -2.56. The van der Waals surface area contributed by atoms with Gasteiger partial charge in [0.25, 0.3) is 0 Å². The average molecular weight is 385 g/mol. The minimum atomic E-state index is -0.170. The third kappa shape index (κ3) is 3.13. The van der Waals surface area contributed by atoms with Crippen molar-refractivity contribution in [3.8, 4) is 0 Å². The van der Waals surface area contributed by atoms with Crippen LogP contribution >= 0.6 is 0 Å². The molecule has 1 aliphatic heterocycles. The van der Waals surface area contributed by atoms with Gasteiger partial charge in [-0.05, 0) is 75.7 Å². The Balaban J connectivity index is 1.61. The molecule has 1 saturated heterocycles. The Bertz CT molecular complexity index is 746. The molecule has 4 heteroatoms. The predicted molar refractivity (Wildman–Crippen MR) is 111 cm³/mol. The normalized spacial score (nSPS) is 39.8. The molecule has 0 bridgehead atoms. The number of nitrogens with one attached hydrogen (secondary N) is 1. The van der Waals surface area contributed by atoms with Crippen LogP contribution in [0.25, 0.3) is 0 Å². The van der Waals surface area contributed by atoms with Gasteiger partial charge in [0.05, 0.1) is 0 Å². The van der Waals surface area contributed by atoms with E-state index in [1.807, 2.05) is 6.08 Å². The number of amides is 1. The van der Waals surface area contributed by atoms with E-state index in [0.29, 0.717) is 24.2 Å². The van der Waals surface area contributed by atoms with Crippen molar-refractivity contribution in [1.29, 1.82) is 0 Å². The highest BCUT2D eigenvalue weighted by Gasteiger charge is 2.58. The first-order valence-corrected chi connectivity index (χ1v) is 11.0. The molecule has 4 rings (SSSR count). The molecule has 4 nitrogen and oxygen atoms in total. The highest BCUT2D eigenvalue weighted by Crippen LogP contribution is 2.64. The summed E-state index contributed by atoms with van der Waals surface area (Å²) in [6.07, 6.45) is 12.5. The maximum absolute atomic E-state index is 12.8. The number of ketones is 1. The summed E-state index contributed by atoms with van der Waals surface area (Å²) in [6.45, 7) is 9.52. The molecule has 154 valence electrons. The van der Waals surface area contributed by atoms with E-state index < -0.39 is 0 Å². The Kier molecular flexibility index (Phi) is 4.55. The van der Waals surface area contributed by atoms with E-state index in [2.05, 4.69) is 51.0 Å². The Labute approximate surface area is 169 Å². The van der Waals surface area contributed by atoms with Crippen molar-refractivity contribution < 1.29 is 9.59 Å². The fourth-order valence-corrected chi connectivity index (χ4v) is 7.10. The van der Waals surface area contributed by atoms with E-state index in [9.17, 15) is 9.59 Å². The first-order chi connectivity index (χ1) is 13.0. The molecule has 3 fully saturated rings. The zero-order valence-electron chi connectivity index (χ0n) is 18.2. The number of rotatable bonds is 2. The SMILES string of the molecule is CN1C[C@H]2[C@@H]3CCC[C@@]3(CC(=O)NC(C)(C)C)CC[C@@H]2[C@@]2(C)C=CC(=O)C=C12. The Hall–Kier alpha value is -1.58. The number of piperidine rings is 1. The third-order valence-electron chi connectivity index (χ3n) is 8.08. The topological polar surface area (TPSA) is 49.4 Å². The maximum atomic E-state index is 12.8. The highest BCUT2D eigenvalue weighted by molar-refractivity contribution is 6.01. The lowest BCUT2D eigenvalue weighted by Gasteiger charge is -2.59. The van der Waals surface area contributed by atoms with Gasteiger partial charge in [-0.15, -0.1) is 0 Å². The van der Waals surface area contributed by atoms with Crippen molar-refractivity contribution >= 4 is 11.7 Å². The molecular weight excluding hydrogens is 348 g/mol. The highest BCUT2D eigenvalue weighted by atomic mass is 16.1. The minimum Gasteiger partial charge on any atom is -0.377 e. The molecule has 0 aromatic carbocycles. The molecule has 1 N–H and O–H groups in total. The van der Waals surface area contributed by atoms with Crippen molar-refractivity contribution in [1.82, 2.24) is 10.2 Å². The van der Waals surface area contributed by atoms with Crippen LogP contribution in [0, 0.1) is 28.6 Å². The van der Waals surface area contributed by atoms with Gasteiger partial charge in [0.1, 0.15) is 0 Å². The molecule has 0 spiro atoms. The van der Waals surface area contributed by atoms with Crippen LogP contribution < -0.4 is 5.32 Å². The first kappa shape index (κ1) is 19.7. The minimum absolute atomic E-state index is 0.0476. The average Bonchev–Trinajstić information content (AvgIpc) is 2.98. The molecule has 5 atom stereocenters. The molecule has 0 aromatic heterocycles. The number of fused-ring (bicyclic) bond motifs is 5. The van der Waals surface area contributed by atoms with Gasteiger partial charge >= 0.3 is 0 Å². The second-order valence-corrected chi connectivity index (χ2v) is 11.1. The van der Waals surface area contributed by atoms with Gasteiger partial charge in [0, 0.05) is 42.7 Å². The maximum Gasteiger partial charge on any atom is 0.220 e. The van der Waals surface area contributed by atoms with Crippen molar-refractivity contribution in [2.45, 2.75) is 71.8 Å². The number of carbonyl (C=O) groups is 2. The van der Waals surface area contributed by atoms with Gasteiger partial charge < -0.3 is 10.2 Å². The van der Waals surface area contributed by atoms with Crippen LogP contribution in [0.5, 0.6) is 0 Å². The van der Waals surface area contributed by atoms with Gasteiger partial charge in [0.2, 0.25) is 5.91 Å². The van der Waals surface area contributed by atoms with E-state index in [4.69, 9.17) is 0 Å². The molecular formula is C24H36N2O2. The second kappa shape index (κ2) is 6.47. The van der Waals surface area contributed by atoms with Gasteiger partial charge in [-0.25, -0.2) is 0 Å². The van der Waals surface area contributed by atoms with E-state index >= 15 is 0 Å². The summed E-state index contributed by atoms with van der Waals surface area (Å²) < 4.78 is 0. The molecule has 1 heterocycles. The van der Waals surface area contributed by atoms with Crippen LogP contribution in [0.15, 0.2) is 23.9 Å². The summed E-state index contributed by atoms with van der Waals surface area (Å²) in [6, 6.07) is 0. The lowest BCUT2D eigenvalue weighted by atomic mass is 9.50. The smallest absolute Gasteiger partial charge is 0.220 e. The Morgan fingerprint density at radius 2 is 2.00 bits per heavy atom. The van der Waals surface area contributed by atoms with E-state index in [1.54, 1.807) is 6.08 Å². The molecule has 28 heavy (non-hydrogen) atoms. The van der Waals surface area contributed by atoms with Gasteiger partial charge in [-0.2, -0.15) is 0 Å². The fourth-order valence-electron chi connectivity index (χ4n) is 7.10.